The Labute approximate surface area is 157 Å². The van der Waals surface area contributed by atoms with Crippen LogP contribution in [0.2, 0.25) is 0 Å². The smallest absolute Gasteiger partial charge is 0.251 e. The highest BCUT2D eigenvalue weighted by molar-refractivity contribution is 5.94. The maximum Gasteiger partial charge on any atom is 0.251 e. The molecule has 0 aliphatic rings. The van der Waals surface area contributed by atoms with E-state index >= 15 is 0 Å². The number of rotatable bonds is 9. The lowest BCUT2D eigenvalue weighted by molar-refractivity contribution is 0.0940. The summed E-state index contributed by atoms with van der Waals surface area (Å²) in [6.07, 6.45) is 4.14. The third-order valence-electron chi connectivity index (χ3n) is 4.79. The summed E-state index contributed by atoms with van der Waals surface area (Å²) in [6.45, 7) is 11.6. The van der Waals surface area contributed by atoms with Crippen LogP contribution in [0.5, 0.6) is 0 Å². The molecule has 1 aromatic carbocycles. The normalized spacial score (nSPS) is 12.4. The summed E-state index contributed by atoms with van der Waals surface area (Å²) in [5, 5.41) is 7.31. The summed E-state index contributed by atoms with van der Waals surface area (Å²) < 4.78 is 1.82. The molecule has 0 spiro atoms. The lowest BCUT2D eigenvalue weighted by Crippen LogP contribution is -2.27. The summed E-state index contributed by atoms with van der Waals surface area (Å²) >= 11 is 0. The highest BCUT2D eigenvalue weighted by Gasteiger charge is 2.15. The number of aryl methyl sites for hydroxylation is 1. The van der Waals surface area contributed by atoms with E-state index in [9.17, 15) is 4.79 Å². The third-order valence-corrected chi connectivity index (χ3v) is 4.79. The lowest BCUT2D eigenvalue weighted by atomic mass is 10.1. The summed E-state index contributed by atoms with van der Waals surface area (Å²) in [4.78, 5) is 15.0. The van der Waals surface area contributed by atoms with Gasteiger partial charge < -0.3 is 5.32 Å². The zero-order valence-corrected chi connectivity index (χ0v) is 16.7. The first-order chi connectivity index (χ1) is 12.5. The van der Waals surface area contributed by atoms with E-state index in [2.05, 4.69) is 41.3 Å². The molecule has 1 atom stereocenters. The average molecular weight is 357 g/mol. The van der Waals surface area contributed by atoms with E-state index in [1.807, 2.05) is 43.9 Å². The maximum atomic E-state index is 12.5. The number of carbonyl (C=O) groups excluding carboxylic acids is 1. The van der Waals surface area contributed by atoms with Crippen molar-refractivity contribution in [2.75, 3.05) is 13.1 Å². The minimum atomic E-state index is -0.0690. The zero-order valence-electron chi connectivity index (χ0n) is 16.7. The largest absolute Gasteiger partial charge is 0.345 e. The predicted octanol–water partition coefficient (Wildman–Crippen LogP) is 3.84. The van der Waals surface area contributed by atoms with E-state index < -0.39 is 0 Å². The highest BCUT2D eigenvalue weighted by atomic mass is 16.1. The minimum absolute atomic E-state index is 0.0497. The molecule has 2 rings (SSSR count). The molecule has 0 saturated carbocycles. The van der Waals surface area contributed by atoms with Gasteiger partial charge in [-0.3, -0.25) is 14.4 Å². The molecule has 2 aromatic rings. The summed E-state index contributed by atoms with van der Waals surface area (Å²) in [6, 6.07) is 7.90. The second-order valence-corrected chi connectivity index (χ2v) is 6.98. The Balaban J connectivity index is 1.98. The van der Waals surface area contributed by atoms with E-state index in [4.69, 9.17) is 0 Å². The molecule has 0 aliphatic carbocycles. The van der Waals surface area contributed by atoms with Gasteiger partial charge in [0.15, 0.2) is 0 Å². The molecule has 1 unspecified atom stereocenters. The molecule has 142 valence electrons. The van der Waals surface area contributed by atoms with Crippen molar-refractivity contribution in [2.45, 2.75) is 53.1 Å². The van der Waals surface area contributed by atoms with Crippen LogP contribution in [0.1, 0.15) is 66.8 Å². The number of hydrogen-bond donors (Lipinski definition) is 1. The molecule has 0 saturated heterocycles. The van der Waals surface area contributed by atoms with Gasteiger partial charge in [0.05, 0.1) is 12.2 Å². The third kappa shape index (κ3) is 5.18. The zero-order chi connectivity index (χ0) is 19.1. The van der Waals surface area contributed by atoms with Crippen molar-refractivity contribution >= 4 is 5.91 Å². The van der Waals surface area contributed by atoms with E-state index in [0.29, 0.717) is 5.56 Å². The molecule has 5 heteroatoms. The summed E-state index contributed by atoms with van der Waals surface area (Å²) in [5.74, 6) is -0.0497. The molecule has 1 aromatic heterocycles. The van der Waals surface area contributed by atoms with E-state index in [1.54, 1.807) is 0 Å². The Hall–Kier alpha value is -2.14. The van der Waals surface area contributed by atoms with Crippen LogP contribution in [0.4, 0.5) is 0 Å². The molecule has 1 N–H and O–H groups in total. The van der Waals surface area contributed by atoms with Crippen LogP contribution in [-0.2, 0) is 13.6 Å². The van der Waals surface area contributed by atoms with Crippen molar-refractivity contribution in [1.29, 1.82) is 0 Å². The van der Waals surface area contributed by atoms with E-state index in [1.165, 1.54) is 5.56 Å². The molecule has 0 fully saturated rings. The Morgan fingerprint density at radius 2 is 1.81 bits per heavy atom. The second-order valence-electron chi connectivity index (χ2n) is 6.98. The van der Waals surface area contributed by atoms with Gasteiger partial charge in [0.25, 0.3) is 5.91 Å². The van der Waals surface area contributed by atoms with Crippen LogP contribution in [-0.4, -0.2) is 33.7 Å². The summed E-state index contributed by atoms with van der Waals surface area (Å²) in [5.41, 5.74) is 4.06. The van der Waals surface area contributed by atoms with Crippen LogP contribution in [0.25, 0.3) is 0 Å². The van der Waals surface area contributed by atoms with Crippen LogP contribution in [0.15, 0.2) is 30.5 Å². The van der Waals surface area contributed by atoms with Gasteiger partial charge in [-0.25, -0.2) is 0 Å². The van der Waals surface area contributed by atoms with Crippen LogP contribution < -0.4 is 5.32 Å². The second kappa shape index (κ2) is 9.53. The first kappa shape index (κ1) is 20.2. The van der Waals surface area contributed by atoms with Crippen LogP contribution >= 0.6 is 0 Å². The fourth-order valence-electron chi connectivity index (χ4n) is 3.22. The van der Waals surface area contributed by atoms with Crippen molar-refractivity contribution in [3.63, 3.8) is 0 Å². The number of aromatic nitrogens is 2. The Morgan fingerprint density at radius 3 is 2.31 bits per heavy atom. The Morgan fingerprint density at radius 1 is 1.19 bits per heavy atom. The number of carbonyl (C=O) groups is 1. The average Bonchev–Trinajstić information content (AvgIpc) is 2.95. The van der Waals surface area contributed by atoms with Crippen molar-refractivity contribution in [3.8, 4) is 0 Å². The molecule has 1 heterocycles. The highest BCUT2D eigenvalue weighted by Crippen LogP contribution is 2.17. The lowest BCUT2D eigenvalue weighted by Gasteiger charge is -2.21. The number of benzene rings is 1. The SMILES string of the molecule is CCCN(CCC)Cc1ccc(C(=O)NC(C)c2cnn(C)c2C)cc1. The molecule has 0 radical (unpaired) electrons. The molecular formula is C21H32N4O. The fourth-order valence-corrected chi connectivity index (χ4v) is 3.22. The van der Waals surface area contributed by atoms with Gasteiger partial charge in [0.1, 0.15) is 0 Å². The van der Waals surface area contributed by atoms with Gasteiger partial charge in [-0.2, -0.15) is 5.10 Å². The fraction of sp³-hybridized carbons (Fsp3) is 0.524. The number of amides is 1. The predicted molar refractivity (Wildman–Crippen MR) is 106 cm³/mol. The molecule has 5 nitrogen and oxygen atoms in total. The maximum absolute atomic E-state index is 12.5. The minimum Gasteiger partial charge on any atom is -0.345 e. The van der Waals surface area contributed by atoms with Gasteiger partial charge in [-0.05, 0) is 57.5 Å². The molecule has 0 aliphatic heterocycles. The van der Waals surface area contributed by atoms with Gasteiger partial charge >= 0.3 is 0 Å². The number of nitrogens with zero attached hydrogens (tertiary/aromatic N) is 3. The first-order valence-electron chi connectivity index (χ1n) is 9.56. The van der Waals surface area contributed by atoms with Crippen molar-refractivity contribution in [1.82, 2.24) is 20.0 Å². The van der Waals surface area contributed by atoms with Crippen LogP contribution in [0, 0.1) is 6.92 Å². The monoisotopic (exact) mass is 356 g/mol. The van der Waals surface area contributed by atoms with Gasteiger partial charge in [-0.1, -0.05) is 26.0 Å². The quantitative estimate of drug-likeness (QED) is 0.743. The number of hydrogen-bond acceptors (Lipinski definition) is 3. The number of nitrogens with one attached hydrogen (secondary N) is 1. The summed E-state index contributed by atoms with van der Waals surface area (Å²) in [7, 11) is 1.91. The van der Waals surface area contributed by atoms with Gasteiger partial charge in [-0.15, -0.1) is 0 Å². The van der Waals surface area contributed by atoms with Gasteiger partial charge in [0.2, 0.25) is 0 Å². The van der Waals surface area contributed by atoms with Crippen LogP contribution in [0.3, 0.4) is 0 Å². The van der Waals surface area contributed by atoms with Crippen molar-refractivity contribution in [3.05, 3.63) is 52.8 Å². The molecule has 1 amide bonds. The van der Waals surface area contributed by atoms with Crippen molar-refractivity contribution in [2.24, 2.45) is 7.05 Å². The Kier molecular flexibility index (Phi) is 7.39. The molecular weight excluding hydrogens is 324 g/mol. The van der Waals surface area contributed by atoms with Crippen molar-refractivity contribution < 1.29 is 4.79 Å². The standard InChI is InChI=1S/C21H32N4O/c1-6-12-25(13-7-2)15-18-8-10-19(11-9-18)21(26)23-16(3)20-14-22-24(5)17(20)4/h8-11,14,16H,6-7,12-13,15H2,1-5H3,(H,23,26). The van der Waals surface area contributed by atoms with E-state index in [-0.39, 0.29) is 11.9 Å². The topological polar surface area (TPSA) is 50.2 Å². The molecule has 0 bridgehead atoms. The molecule has 26 heavy (non-hydrogen) atoms. The van der Waals surface area contributed by atoms with E-state index in [0.717, 1.165) is 43.7 Å². The van der Waals surface area contributed by atoms with Gasteiger partial charge in [0, 0.05) is 30.4 Å². The first-order valence-corrected chi connectivity index (χ1v) is 9.56. The Bertz CT molecular complexity index is 699.